The molecule has 1 amide bonds. The number of anilines is 8. The number of aromatic amines is 1. The van der Waals surface area contributed by atoms with Gasteiger partial charge >= 0.3 is 18.2 Å². The van der Waals surface area contributed by atoms with Gasteiger partial charge in [-0.2, -0.15) is 58.6 Å². The van der Waals surface area contributed by atoms with Crippen molar-refractivity contribution in [3.05, 3.63) is 187 Å². The number of nitrogen functional groups attached to an aromatic ring is 1. The van der Waals surface area contributed by atoms with Crippen LogP contribution in [0.15, 0.2) is 147 Å². The minimum atomic E-state index is -0.818. The first kappa shape index (κ1) is 91.0. The van der Waals surface area contributed by atoms with Gasteiger partial charge < -0.3 is 86.1 Å². The molecule has 8 bridgehead atoms. The number of rotatable bonds is 27. The van der Waals surface area contributed by atoms with E-state index in [4.69, 9.17) is 25.4 Å². The molecule has 11 heterocycles. The molecular formula is C97H123F2N29O4. The lowest BCUT2D eigenvalue weighted by Crippen LogP contribution is -2.49. The molecule has 35 heteroatoms. The highest BCUT2D eigenvalue weighted by atomic mass is 19.1. The number of imidazole rings is 5. The lowest BCUT2D eigenvalue weighted by molar-refractivity contribution is -0.0446. The lowest BCUT2D eigenvalue weighted by Gasteiger charge is -2.57. The van der Waals surface area contributed by atoms with Gasteiger partial charge in [0.15, 0.2) is 79.4 Å². The SMILES string of the molecule is CC(C)(C)OC(=O)N1CCC(n2cnc3c(NCc4ccccc4)nc(F)nc32)C1.CC[C@H](CO)Nc1nc(NCC23CC4CC(CC(C4)C2)C3)c2ncn(C(C)C)c2n1.CC[C@H](CO)Nc1nc(NCC23CC4CC(CC(C4)C2)C3)c2ncn(C)c2n1.Cc1ccc(Cn2cnc3c(NCc4ccccc4)nc(F)nc32)cc1.Nc1nc(NCc2ccccc2)c2[nH]cnc2n1. The quantitative estimate of drug-likeness (QED) is 0.0213. The van der Waals surface area contributed by atoms with Gasteiger partial charge in [0.2, 0.25) is 17.8 Å². The van der Waals surface area contributed by atoms with Gasteiger partial charge in [-0.3, -0.25) is 0 Å². The number of nitrogens with two attached hydrogens (primary N) is 1. The first-order valence-electron chi connectivity index (χ1n) is 46.7. The zero-order valence-corrected chi connectivity index (χ0v) is 76.8. The zero-order chi connectivity index (χ0) is 91.8. The standard InChI is InChI=1S/C23H36N6O.C21H25FN6O2.C21H32N6O.C20H18FN5.C12H12N6/c1-4-18(11-30)26-22-27-20(19-21(28-22)29(13-25-19)14(2)3)24-12-23-8-15-5-16(9-23)7-17(6-15)10-23;1-21(2,3)30-20(29)27-10-9-15(12-27)28-13-24-16-17(25-19(22)26-18(16)28)23-11-14-7-5-4-6-8-14;1-3-16(10-28)24-20-25-18(17-19(26-20)27(2)12-23-17)22-11-21-7-13-4-14(8-21)6-15(5-13)9-21;1-14-7-9-16(10-8-14)12-26-13-23-17-18(24-20(21)25-19(17)26)22-11-15-5-3-2-4-6-15;13-12-17-10(9-11(18-12)16-7-15-9)14-6-8-4-2-1-3-5-8/h13-18,30H,4-12H2,1-3H3,(H2,24,26,27,28);4-8,13,15H,9-12H2,1-3H3,(H,23,25,26);12-16,28H,3-11H2,1-2H3,(H2,22,24,25,26);2-10,13H,11-12H2,1H3,(H,22,24,25);1-5,7H,6H2,(H4,13,14,15,16,17,18)/t15?,16?,17?,18-,23?;;13?,14?,15?,16-,21?;;/m1.1../s1. The molecule has 12 N–H and O–H groups in total. The molecule has 0 radical (unpaired) electrons. The third-order valence-corrected chi connectivity index (χ3v) is 26.9. The molecular weight excluding hydrogens is 1670 g/mol. The van der Waals surface area contributed by atoms with Crippen LogP contribution in [0.4, 0.5) is 60.5 Å². The van der Waals surface area contributed by atoms with Crippen LogP contribution in [-0.2, 0) is 38.0 Å². The number of aryl methyl sites for hydroxylation is 2. The number of benzene rings is 4. The van der Waals surface area contributed by atoms with E-state index in [9.17, 15) is 23.8 Å². The van der Waals surface area contributed by atoms with Crippen LogP contribution in [0, 0.1) is 65.4 Å². The van der Waals surface area contributed by atoms with Crippen LogP contribution in [0.25, 0.3) is 55.8 Å². The molecule has 10 aromatic heterocycles. The average molecular weight is 1800 g/mol. The van der Waals surface area contributed by atoms with Crippen molar-refractivity contribution in [3.8, 4) is 0 Å². The molecule has 9 fully saturated rings. The van der Waals surface area contributed by atoms with Crippen LogP contribution in [0.3, 0.4) is 0 Å². The van der Waals surface area contributed by atoms with E-state index in [1.54, 1.807) is 30.2 Å². The largest absolute Gasteiger partial charge is 0.444 e. The Bertz CT molecular complexity index is 6160. The maximum Gasteiger partial charge on any atom is 0.410 e. The summed E-state index contributed by atoms with van der Waals surface area (Å²) in [7, 11) is 1.96. The van der Waals surface area contributed by atoms with E-state index < -0.39 is 17.8 Å². The normalized spacial score (nSPS) is 21.3. The minimum Gasteiger partial charge on any atom is -0.444 e. The summed E-state index contributed by atoms with van der Waals surface area (Å²) in [4.78, 5) is 81.9. The number of carbonyl (C=O) groups excluding carboxylic acids is 1. The summed E-state index contributed by atoms with van der Waals surface area (Å²) in [6.45, 7) is 21.3. The average Bonchev–Trinajstić information content (AvgIpc) is 0.817. The summed E-state index contributed by atoms with van der Waals surface area (Å²) >= 11 is 0. The second-order valence-electron chi connectivity index (χ2n) is 38.6. The van der Waals surface area contributed by atoms with Crippen LogP contribution in [0.1, 0.15) is 185 Å². The third kappa shape index (κ3) is 21.6. The Morgan fingerprint density at radius 1 is 0.530 bits per heavy atom. The summed E-state index contributed by atoms with van der Waals surface area (Å²) in [5.41, 5.74) is 18.2. The highest BCUT2D eigenvalue weighted by Crippen LogP contribution is 2.61. The van der Waals surface area contributed by atoms with E-state index in [1.807, 2.05) is 165 Å². The fourth-order valence-corrected chi connectivity index (χ4v) is 21.3. The topological polar surface area (TPSA) is 409 Å². The van der Waals surface area contributed by atoms with Crippen molar-refractivity contribution in [1.82, 2.24) is 103 Å². The van der Waals surface area contributed by atoms with Crippen molar-refractivity contribution in [2.75, 3.05) is 82.3 Å². The van der Waals surface area contributed by atoms with Crippen LogP contribution in [-0.4, -0.2) is 176 Å². The van der Waals surface area contributed by atoms with E-state index in [0.717, 1.165) is 118 Å². The molecule has 14 aromatic rings. The molecule has 132 heavy (non-hydrogen) atoms. The molecule has 1 unspecified atom stereocenters. The van der Waals surface area contributed by atoms with Crippen molar-refractivity contribution in [2.45, 2.75) is 208 Å². The molecule has 0 spiro atoms. The van der Waals surface area contributed by atoms with Gasteiger partial charge in [0.1, 0.15) is 11.1 Å². The monoisotopic (exact) mass is 1800 g/mol. The molecule has 8 saturated carbocycles. The maximum absolute atomic E-state index is 14.2. The fraction of sp³-hybridized carbons (Fsp3) is 0.485. The van der Waals surface area contributed by atoms with Crippen molar-refractivity contribution >= 4 is 109 Å². The van der Waals surface area contributed by atoms with Gasteiger partial charge in [-0.1, -0.05) is 135 Å². The van der Waals surface area contributed by atoms with E-state index in [-0.39, 0.29) is 49.4 Å². The number of aliphatic hydroxyl groups excluding tert-OH is 2. The smallest absolute Gasteiger partial charge is 0.410 e. The Labute approximate surface area is 766 Å². The first-order chi connectivity index (χ1) is 63.9. The molecule has 1 aliphatic heterocycles. The second-order valence-corrected chi connectivity index (χ2v) is 38.6. The number of hydrogen-bond donors (Lipinski definition) is 11. The molecule has 33 nitrogen and oxygen atoms in total. The predicted molar refractivity (Wildman–Crippen MR) is 509 cm³/mol. The van der Waals surface area contributed by atoms with Gasteiger partial charge in [-0.15, -0.1) is 0 Å². The molecule has 694 valence electrons. The van der Waals surface area contributed by atoms with E-state index in [1.165, 1.54) is 88.2 Å². The number of likely N-dealkylation sites (tertiary alicyclic amines) is 1. The number of aromatic nitrogens is 20. The Morgan fingerprint density at radius 3 is 1.48 bits per heavy atom. The number of aliphatic hydroxyl groups is 2. The third-order valence-electron chi connectivity index (χ3n) is 26.9. The number of H-pyrrole nitrogens is 1. The van der Waals surface area contributed by atoms with Crippen LogP contribution >= 0.6 is 0 Å². The number of amides is 1. The van der Waals surface area contributed by atoms with Crippen molar-refractivity contribution in [3.63, 3.8) is 0 Å². The van der Waals surface area contributed by atoms with Crippen LogP contribution in [0.2, 0.25) is 0 Å². The highest BCUT2D eigenvalue weighted by molar-refractivity contribution is 5.87. The fourth-order valence-electron chi connectivity index (χ4n) is 21.3. The number of nitrogens with zero attached hydrogens (tertiary/aromatic N) is 20. The molecule has 8 aliphatic carbocycles. The minimum absolute atomic E-state index is 0.0401. The van der Waals surface area contributed by atoms with Gasteiger partial charge in [-0.05, 0) is 206 Å². The lowest BCUT2D eigenvalue weighted by atomic mass is 9.49. The van der Waals surface area contributed by atoms with E-state index >= 15 is 0 Å². The van der Waals surface area contributed by atoms with Gasteiger partial charge in [0, 0.05) is 58.9 Å². The number of hydrogen-bond acceptors (Lipinski definition) is 27. The summed E-state index contributed by atoms with van der Waals surface area (Å²) in [5.74, 6) is 10.1. The van der Waals surface area contributed by atoms with Crippen LogP contribution in [0.5, 0.6) is 0 Å². The summed E-state index contributed by atoms with van der Waals surface area (Å²) in [6, 6.07) is 38.1. The summed E-state index contributed by atoms with van der Waals surface area (Å²) in [5, 5.41) is 42.7. The molecule has 4 aromatic carbocycles. The Hall–Kier alpha value is -12.9. The predicted octanol–water partition coefficient (Wildman–Crippen LogP) is 16.6. The summed E-state index contributed by atoms with van der Waals surface area (Å²) < 4.78 is 41.3. The Morgan fingerprint density at radius 2 is 0.985 bits per heavy atom. The van der Waals surface area contributed by atoms with Gasteiger partial charge in [0.05, 0.1) is 69.5 Å². The van der Waals surface area contributed by atoms with Crippen molar-refractivity contribution < 1.29 is 28.5 Å². The number of carbonyl (C=O) groups is 1. The molecule has 1 saturated heterocycles. The summed E-state index contributed by atoms with van der Waals surface area (Å²) in [6.07, 6.45) is 26.0. The van der Waals surface area contributed by atoms with E-state index in [0.29, 0.717) is 114 Å². The second kappa shape index (κ2) is 40.0. The van der Waals surface area contributed by atoms with Crippen molar-refractivity contribution in [2.24, 2.45) is 53.4 Å². The number of ether oxygens (including phenoxy) is 1. The highest BCUT2D eigenvalue weighted by Gasteiger charge is 2.52. The Kier molecular flexibility index (Phi) is 27.6. The first-order valence-corrected chi connectivity index (χ1v) is 46.7. The van der Waals surface area contributed by atoms with E-state index in [2.05, 4.69) is 139 Å². The zero-order valence-electron chi connectivity index (χ0n) is 76.8. The molecule has 23 rings (SSSR count). The number of halogens is 2. The van der Waals surface area contributed by atoms with Crippen molar-refractivity contribution in [1.29, 1.82) is 0 Å². The maximum atomic E-state index is 14.2. The van der Waals surface area contributed by atoms with Crippen LogP contribution < -0.4 is 43.0 Å². The molecule has 9 aliphatic rings. The van der Waals surface area contributed by atoms with Gasteiger partial charge in [-0.25, -0.2) is 29.7 Å². The number of fused-ring (bicyclic) bond motifs is 5. The number of nitrogens with one attached hydrogen (secondary N) is 8. The van der Waals surface area contributed by atoms with Gasteiger partial charge in [0.25, 0.3) is 0 Å². The Balaban J connectivity index is 0.000000116. The molecule has 3 atom stereocenters.